The highest BCUT2D eigenvalue weighted by molar-refractivity contribution is 9.09. The van der Waals surface area contributed by atoms with Gasteiger partial charge in [-0.3, -0.25) is 9.59 Å². The summed E-state index contributed by atoms with van der Waals surface area (Å²) in [6, 6.07) is 24.1. The van der Waals surface area contributed by atoms with Gasteiger partial charge in [-0.05, 0) is 123 Å². The minimum absolute atomic E-state index is 0.0891. The van der Waals surface area contributed by atoms with E-state index in [0.29, 0.717) is 47.0 Å². The number of phenols is 2. The number of hydrogen-bond donors (Lipinski definition) is 2. The second kappa shape index (κ2) is 22.1. The van der Waals surface area contributed by atoms with Crippen molar-refractivity contribution in [3.8, 4) is 34.5 Å². The van der Waals surface area contributed by atoms with Crippen LogP contribution in [-0.2, 0) is 9.59 Å². The van der Waals surface area contributed by atoms with Gasteiger partial charge < -0.3 is 29.2 Å². The molecule has 0 heterocycles. The van der Waals surface area contributed by atoms with Crippen molar-refractivity contribution >= 4 is 55.7 Å². The fourth-order valence-electron chi connectivity index (χ4n) is 4.12. The Kier molecular flexibility index (Phi) is 17.6. The van der Waals surface area contributed by atoms with E-state index in [1.54, 1.807) is 48.5 Å². The fourth-order valence-corrected chi connectivity index (χ4v) is 4.92. The zero-order chi connectivity index (χ0) is 36.1. The Labute approximate surface area is 307 Å². The van der Waals surface area contributed by atoms with Gasteiger partial charge in [-0.25, -0.2) is 9.59 Å². The number of hydrogen-bond acceptors (Lipinski definition) is 10. The Bertz CT molecular complexity index is 1640. The molecule has 4 rings (SSSR count). The van der Waals surface area contributed by atoms with E-state index in [0.717, 1.165) is 49.2 Å². The van der Waals surface area contributed by atoms with Crippen LogP contribution in [0.15, 0.2) is 97.1 Å². The summed E-state index contributed by atoms with van der Waals surface area (Å²) in [5, 5.41) is 20.0. The molecule has 10 nitrogen and oxygen atoms in total. The third-order valence-electron chi connectivity index (χ3n) is 6.77. The van der Waals surface area contributed by atoms with Gasteiger partial charge in [0.25, 0.3) is 0 Å². The third kappa shape index (κ3) is 15.3. The smallest absolute Gasteiger partial charge is 0.343 e. The molecule has 0 unspecified atom stereocenters. The quantitative estimate of drug-likeness (QED) is 0.0487. The van der Waals surface area contributed by atoms with Crippen molar-refractivity contribution in [2.24, 2.45) is 0 Å². The number of esters is 4. The Balaban J connectivity index is 0.000000331. The van der Waals surface area contributed by atoms with Crippen molar-refractivity contribution in [2.75, 3.05) is 10.7 Å². The molecule has 12 heteroatoms. The summed E-state index contributed by atoms with van der Waals surface area (Å²) in [7, 11) is 0. The predicted molar refractivity (Wildman–Crippen MR) is 195 cm³/mol. The number of aromatic hydroxyl groups is 2. The summed E-state index contributed by atoms with van der Waals surface area (Å²) in [4.78, 5) is 47.7. The van der Waals surface area contributed by atoms with Crippen LogP contribution in [0, 0.1) is 0 Å². The molecule has 0 radical (unpaired) electrons. The van der Waals surface area contributed by atoms with Crippen LogP contribution < -0.4 is 18.9 Å². The molecule has 0 amide bonds. The largest absolute Gasteiger partial charge is 0.508 e. The number of ether oxygens (including phenoxy) is 4. The number of phenolic OH excluding ortho intramolecular Hbond substituents is 2. The van der Waals surface area contributed by atoms with Crippen LogP contribution in [0.5, 0.6) is 34.5 Å². The second-order valence-corrected chi connectivity index (χ2v) is 12.3. The van der Waals surface area contributed by atoms with Gasteiger partial charge in [0.05, 0.1) is 11.1 Å². The maximum Gasteiger partial charge on any atom is 0.343 e. The number of benzene rings is 4. The number of alkyl halides is 2. The van der Waals surface area contributed by atoms with Gasteiger partial charge in [0.15, 0.2) is 0 Å². The van der Waals surface area contributed by atoms with Gasteiger partial charge in [0.2, 0.25) is 0 Å². The molecule has 0 bridgehead atoms. The van der Waals surface area contributed by atoms with E-state index in [9.17, 15) is 19.2 Å². The molecule has 4 aromatic rings. The zero-order valence-corrected chi connectivity index (χ0v) is 30.4. The summed E-state index contributed by atoms with van der Waals surface area (Å²) >= 11 is 6.72. The molecular weight excluding hydrogens is 776 g/mol. The van der Waals surface area contributed by atoms with E-state index in [1.165, 1.54) is 48.5 Å². The molecule has 264 valence electrons. The lowest BCUT2D eigenvalue weighted by Crippen LogP contribution is -2.10. The van der Waals surface area contributed by atoms with Gasteiger partial charge in [-0.1, -0.05) is 44.7 Å². The minimum atomic E-state index is -0.542. The molecule has 50 heavy (non-hydrogen) atoms. The van der Waals surface area contributed by atoms with Crippen molar-refractivity contribution in [3.05, 3.63) is 108 Å². The van der Waals surface area contributed by atoms with Crippen molar-refractivity contribution in [3.63, 3.8) is 0 Å². The molecule has 0 spiro atoms. The average molecular weight is 815 g/mol. The highest BCUT2D eigenvalue weighted by atomic mass is 79.9. The van der Waals surface area contributed by atoms with Crippen LogP contribution >= 0.6 is 31.9 Å². The van der Waals surface area contributed by atoms with Gasteiger partial charge in [-0.15, -0.1) is 0 Å². The van der Waals surface area contributed by atoms with E-state index in [2.05, 4.69) is 31.9 Å². The number of rotatable bonds is 16. The standard InChI is InChI=1S/C25H28Br2O6.C13H10O4/c26-17-5-1-3-7-23(28)31-20-11-9-19(10-12-20)25(30)33-22-15-13-21(14-16-22)32-24(29)8-4-2-6-18-27;14-10-3-1-9(2-4-10)13(16)17-12-7-5-11(15)6-8-12/h9-16H,1-8,17-18H2;1-8,14-15H. The second-order valence-electron chi connectivity index (χ2n) is 10.8. The first kappa shape index (κ1) is 39.8. The third-order valence-corrected chi connectivity index (χ3v) is 7.89. The molecule has 0 aliphatic carbocycles. The van der Waals surface area contributed by atoms with Crippen LogP contribution in [0.3, 0.4) is 0 Å². The molecule has 0 atom stereocenters. The summed E-state index contributed by atoms with van der Waals surface area (Å²) < 4.78 is 21.0. The normalized spacial score (nSPS) is 10.3. The predicted octanol–water partition coefficient (Wildman–Crippen LogP) is 8.94. The van der Waals surface area contributed by atoms with Crippen LogP contribution in [-0.4, -0.2) is 44.8 Å². The Morgan fingerprint density at radius 3 is 1.10 bits per heavy atom. The first-order valence-corrected chi connectivity index (χ1v) is 18.2. The molecule has 0 fully saturated rings. The van der Waals surface area contributed by atoms with Crippen LogP contribution in [0.25, 0.3) is 0 Å². The van der Waals surface area contributed by atoms with Gasteiger partial charge in [-0.2, -0.15) is 0 Å². The lowest BCUT2D eigenvalue weighted by Gasteiger charge is -2.08. The first-order chi connectivity index (χ1) is 24.2. The van der Waals surface area contributed by atoms with E-state index < -0.39 is 11.9 Å². The monoisotopic (exact) mass is 812 g/mol. The lowest BCUT2D eigenvalue weighted by molar-refractivity contribution is -0.135. The van der Waals surface area contributed by atoms with Crippen molar-refractivity contribution in [1.29, 1.82) is 0 Å². The Hall–Kier alpha value is -4.68. The van der Waals surface area contributed by atoms with E-state index >= 15 is 0 Å². The number of carbonyl (C=O) groups is 4. The summed E-state index contributed by atoms with van der Waals surface area (Å²) in [5.74, 6) is 0.0233. The Morgan fingerprint density at radius 2 is 0.720 bits per heavy atom. The Morgan fingerprint density at radius 1 is 0.420 bits per heavy atom. The summed E-state index contributed by atoms with van der Waals surface area (Å²) in [5.41, 5.74) is 0.668. The van der Waals surface area contributed by atoms with Gasteiger partial charge in [0, 0.05) is 23.5 Å². The fraction of sp³-hybridized carbons (Fsp3) is 0.263. The number of carbonyl (C=O) groups excluding carboxylic acids is 4. The highest BCUT2D eigenvalue weighted by Gasteiger charge is 2.12. The van der Waals surface area contributed by atoms with Gasteiger partial charge in [0.1, 0.15) is 34.5 Å². The maximum atomic E-state index is 12.4. The van der Waals surface area contributed by atoms with E-state index in [1.807, 2.05) is 0 Å². The zero-order valence-electron chi connectivity index (χ0n) is 27.2. The van der Waals surface area contributed by atoms with Gasteiger partial charge >= 0.3 is 23.9 Å². The molecule has 4 aromatic carbocycles. The van der Waals surface area contributed by atoms with Crippen molar-refractivity contribution in [1.82, 2.24) is 0 Å². The number of halogens is 2. The van der Waals surface area contributed by atoms with Crippen LogP contribution in [0.4, 0.5) is 0 Å². The van der Waals surface area contributed by atoms with Crippen molar-refractivity contribution in [2.45, 2.75) is 51.4 Å². The summed E-state index contributed by atoms with van der Waals surface area (Å²) in [6.45, 7) is 0. The maximum absolute atomic E-state index is 12.4. The molecule has 0 aliphatic rings. The average Bonchev–Trinajstić information content (AvgIpc) is 3.11. The van der Waals surface area contributed by atoms with E-state index in [-0.39, 0.29) is 23.4 Å². The molecule has 0 aromatic heterocycles. The highest BCUT2D eigenvalue weighted by Crippen LogP contribution is 2.21. The lowest BCUT2D eigenvalue weighted by atomic mass is 10.2. The molecule has 0 saturated carbocycles. The topological polar surface area (TPSA) is 146 Å². The van der Waals surface area contributed by atoms with Crippen LogP contribution in [0.1, 0.15) is 72.1 Å². The SMILES string of the molecule is O=C(CCCCCBr)Oc1ccc(OC(=O)c2ccc(OC(=O)CCCCCBr)cc2)cc1.O=C(Oc1ccc(O)cc1)c1ccc(O)cc1. The minimum Gasteiger partial charge on any atom is -0.508 e. The molecule has 0 saturated heterocycles. The summed E-state index contributed by atoms with van der Waals surface area (Å²) in [6.07, 6.45) is 6.28. The molecule has 2 N–H and O–H groups in total. The first-order valence-electron chi connectivity index (χ1n) is 15.9. The van der Waals surface area contributed by atoms with E-state index in [4.69, 9.17) is 29.2 Å². The van der Waals surface area contributed by atoms with Crippen molar-refractivity contribution < 1.29 is 48.3 Å². The van der Waals surface area contributed by atoms with Crippen LogP contribution in [0.2, 0.25) is 0 Å². The molecule has 0 aliphatic heterocycles. The molecular formula is C38H38Br2O10. The number of unbranched alkanes of at least 4 members (excludes halogenated alkanes) is 4.